The number of nitrogens with zero attached hydrogens (tertiary/aromatic N) is 2. The van der Waals surface area contributed by atoms with Gasteiger partial charge in [0.25, 0.3) is 0 Å². The highest BCUT2D eigenvalue weighted by atomic mass is 32.2. The molecule has 0 radical (unpaired) electrons. The van der Waals surface area contributed by atoms with Crippen LogP contribution in [0.1, 0.15) is 12.5 Å². The van der Waals surface area contributed by atoms with Gasteiger partial charge in [0, 0.05) is 28.9 Å². The molecule has 1 atom stereocenters. The van der Waals surface area contributed by atoms with Crippen molar-refractivity contribution >= 4 is 28.0 Å². The Morgan fingerprint density at radius 2 is 1.83 bits per heavy atom. The van der Waals surface area contributed by atoms with Gasteiger partial charge < -0.3 is 20.1 Å². The normalized spacial score (nSPS) is 11.5. The van der Waals surface area contributed by atoms with Crippen LogP contribution in [0.5, 0.6) is 11.5 Å². The zero-order valence-corrected chi connectivity index (χ0v) is 21.1. The van der Waals surface area contributed by atoms with E-state index in [4.69, 9.17) is 19.2 Å². The van der Waals surface area contributed by atoms with E-state index in [9.17, 15) is 4.21 Å². The van der Waals surface area contributed by atoms with E-state index >= 15 is 0 Å². The van der Waals surface area contributed by atoms with Crippen LogP contribution in [0.2, 0.25) is 0 Å². The Morgan fingerprint density at radius 1 is 1.03 bits per heavy atom. The van der Waals surface area contributed by atoms with E-state index in [-0.39, 0.29) is 0 Å². The lowest BCUT2D eigenvalue weighted by molar-refractivity contribution is 0.340. The SMILES string of the molecule is CCOc1ccc(-c2cnc(Nc3cccc([SH](=N)=O)c3)nc2NCCc2ccccc2OC)cc1. The summed E-state index contributed by atoms with van der Waals surface area (Å²) in [5.41, 5.74) is 3.57. The Morgan fingerprint density at radius 3 is 2.58 bits per heavy atom. The summed E-state index contributed by atoms with van der Waals surface area (Å²) in [6, 6.07) is 22.7. The number of aromatic nitrogens is 2. The summed E-state index contributed by atoms with van der Waals surface area (Å²) in [7, 11) is -0.511. The Labute approximate surface area is 212 Å². The van der Waals surface area contributed by atoms with Gasteiger partial charge in [0.1, 0.15) is 17.3 Å². The van der Waals surface area contributed by atoms with Gasteiger partial charge in [-0.2, -0.15) is 4.98 Å². The van der Waals surface area contributed by atoms with Crippen LogP contribution in [-0.4, -0.2) is 34.4 Å². The molecular formula is C27H29N5O3S. The highest BCUT2D eigenvalue weighted by Crippen LogP contribution is 2.29. The summed E-state index contributed by atoms with van der Waals surface area (Å²) in [5, 5.41) is 6.61. The third kappa shape index (κ3) is 6.31. The molecule has 0 amide bonds. The maximum atomic E-state index is 11.6. The smallest absolute Gasteiger partial charge is 0.229 e. The minimum absolute atomic E-state index is 0.391. The fourth-order valence-corrected chi connectivity index (χ4v) is 4.23. The van der Waals surface area contributed by atoms with Gasteiger partial charge in [0.05, 0.1) is 24.3 Å². The zero-order chi connectivity index (χ0) is 25.3. The lowest BCUT2D eigenvalue weighted by atomic mass is 10.1. The summed E-state index contributed by atoms with van der Waals surface area (Å²) in [5.74, 6) is 2.72. The predicted molar refractivity (Wildman–Crippen MR) is 144 cm³/mol. The van der Waals surface area contributed by atoms with Crippen LogP contribution in [0.3, 0.4) is 0 Å². The van der Waals surface area contributed by atoms with Crippen molar-refractivity contribution in [2.24, 2.45) is 0 Å². The van der Waals surface area contributed by atoms with Crippen molar-refractivity contribution in [2.75, 3.05) is 30.9 Å². The van der Waals surface area contributed by atoms with Gasteiger partial charge in [-0.3, -0.25) is 4.78 Å². The Kier molecular flexibility index (Phi) is 8.36. The van der Waals surface area contributed by atoms with Crippen LogP contribution in [0.4, 0.5) is 17.5 Å². The highest BCUT2D eigenvalue weighted by Gasteiger charge is 2.11. The van der Waals surface area contributed by atoms with Crippen molar-refractivity contribution in [1.82, 2.24) is 9.97 Å². The van der Waals surface area contributed by atoms with E-state index < -0.39 is 10.6 Å². The Hall–Kier alpha value is -4.11. The van der Waals surface area contributed by atoms with E-state index in [1.54, 1.807) is 31.5 Å². The average Bonchev–Trinajstić information content (AvgIpc) is 2.90. The summed E-state index contributed by atoms with van der Waals surface area (Å²) >= 11 is 0. The molecule has 0 saturated heterocycles. The molecule has 0 aliphatic heterocycles. The topological polar surface area (TPSA) is 109 Å². The van der Waals surface area contributed by atoms with E-state index in [0.29, 0.717) is 35.5 Å². The first-order valence-corrected chi connectivity index (χ1v) is 12.8. The standard InChI is InChI=1S/C27H29N5O3S/c1-3-35-22-13-11-19(12-14-22)24-18-30-27(31-21-8-6-9-23(17-21)36(28)33)32-26(24)29-16-15-20-7-4-5-10-25(20)34-2/h4-14,17-18,28,36H,3,15-16H2,1-2H3,(H2,29,30,31,32). The lowest BCUT2D eigenvalue weighted by Gasteiger charge is -2.15. The van der Waals surface area contributed by atoms with Crippen LogP contribution in [0.25, 0.3) is 11.1 Å². The van der Waals surface area contributed by atoms with Gasteiger partial charge in [0.2, 0.25) is 5.95 Å². The zero-order valence-electron chi connectivity index (χ0n) is 20.2. The minimum Gasteiger partial charge on any atom is -0.496 e. The van der Waals surface area contributed by atoms with Crippen LogP contribution < -0.4 is 20.1 Å². The fraction of sp³-hybridized carbons (Fsp3) is 0.185. The molecule has 1 unspecified atom stereocenters. The number of hydrogen-bond donors (Lipinski definition) is 4. The molecule has 0 bridgehead atoms. The summed E-state index contributed by atoms with van der Waals surface area (Å²) in [6.45, 7) is 3.19. The first kappa shape index (κ1) is 25.0. The average molecular weight is 504 g/mol. The molecule has 3 aromatic carbocycles. The Balaban J connectivity index is 1.60. The number of para-hydroxylation sites is 1. The van der Waals surface area contributed by atoms with Gasteiger partial charge in [-0.15, -0.1) is 0 Å². The first-order valence-electron chi connectivity index (χ1n) is 11.6. The van der Waals surface area contributed by atoms with Crippen molar-refractivity contribution in [1.29, 1.82) is 4.78 Å². The number of methoxy groups -OCH3 is 1. The third-order valence-corrected chi connectivity index (χ3v) is 6.23. The summed E-state index contributed by atoms with van der Waals surface area (Å²) in [6.07, 6.45) is 2.52. The number of benzene rings is 3. The van der Waals surface area contributed by atoms with Gasteiger partial charge in [-0.1, -0.05) is 36.4 Å². The number of hydrogen-bond acceptors (Lipinski definition) is 8. The molecule has 3 N–H and O–H groups in total. The second-order valence-corrected chi connectivity index (χ2v) is 8.98. The number of thiol groups is 1. The van der Waals surface area contributed by atoms with Gasteiger partial charge in [-0.25, -0.2) is 9.19 Å². The monoisotopic (exact) mass is 503 g/mol. The largest absolute Gasteiger partial charge is 0.496 e. The molecule has 9 heteroatoms. The molecule has 0 spiro atoms. The van der Waals surface area contributed by atoms with E-state index in [0.717, 1.165) is 34.6 Å². The van der Waals surface area contributed by atoms with Crippen LogP contribution in [0, 0.1) is 4.78 Å². The van der Waals surface area contributed by atoms with E-state index in [1.807, 2.05) is 61.5 Å². The van der Waals surface area contributed by atoms with Crippen LogP contribution >= 0.6 is 0 Å². The van der Waals surface area contributed by atoms with Crippen molar-refractivity contribution in [3.05, 3.63) is 84.6 Å². The fourth-order valence-electron chi connectivity index (χ4n) is 3.75. The molecule has 4 rings (SSSR count). The van der Waals surface area contributed by atoms with Crippen molar-refractivity contribution < 1.29 is 13.7 Å². The van der Waals surface area contributed by atoms with Gasteiger partial charge >= 0.3 is 0 Å². The first-order chi connectivity index (χ1) is 17.6. The van der Waals surface area contributed by atoms with Crippen LogP contribution in [0.15, 0.2) is 83.9 Å². The molecule has 1 aromatic heterocycles. The van der Waals surface area contributed by atoms with E-state index in [2.05, 4.69) is 15.6 Å². The van der Waals surface area contributed by atoms with E-state index in [1.165, 1.54) is 0 Å². The maximum absolute atomic E-state index is 11.6. The second-order valence-electron chi connectivity index (χ2n) is 7.87. The maximum Gasteiger partial charge on any atom is 0.229 e. The molecular weight excluding hydrogens is 474 g/mol. The lowest BCUT2D eigenvalue weighted by Crippen LogP contribution is -2.10. The molecule has 0 aliphatic rings. The van der Waals surface area contributed by atoms with Crippen molar-refractivity contribution in [2.45, 2.75) is 18.2 Å². The number of anilines is 3. The van der Waals surface area contributed by atoms with Gasteiger partial charge in [-0.05, 0) is 60.9 Å². The number of rotatable bonds is 11. The highest BCUT2D eigenvalue weighted by molar-refractivity contribution is 7.73. The minimum atomic E-state index is -2.18. The second kappa shape index (κ2) is 12.0. The molecule has 186 valence electrons. The molecule has 4 aromatic rings. The Bertz CT molecular complexity index is 1380. The predicted octanol–water partition coefficient (Wildman–Crippen LogP) is 5.55. The molecule has 1 heterocycles. The molecule has 0 saturated carbocycles. The third-order valence-electron chi connectivity index (χ3n) is 5.48. The molecule has 0 aliphatic carbocycles. The molecule has 36 heavy (non-hydrogen) atoms. The van der Waals surface area contributed by atoms with Crippen LogP contribution in [-0.2, 0) is 17.0 Å². The summed E-state index contributed by atoms with van der Waals surface area (Å²) in [4.78, 5) is 9.68. The molecule has 0 fully saturated rings. The van der Waals surface area contributed by atoms with Crippen molar-refractivity contribution in [3.63, 3.8) is 0 Å². The quantitative estimate of drug-likeness (QED) is 0.199. The van der Waals surface area contributed by atoms with Crippen molar-refractivity contribution in [3.8, 4) is 22.6 Å². The number of nitrogens with one attached hydrogen (secondary N) is 3. The molecule has 8 nitrogen and oxygen atoms in total. The van der Waals surface area contributed by atoms with Gasteiger partial charge in [0.15, 0.2) is 0 Å². The summed E-state index contributed by atoms with van der Waals surface area (Å²) < 4.78 is 30.1. The number of ether oxygens (including phenoxy) is 2.